The fourth-order valence-corrected chi connectivity index (χ4v) is 2.58. The highest BCUT2D eigenvalue weighted by Gasteiger charge is 2.29. The van der Waals surface area contributed by atoms with E-state index in [1.807, 2.05) is 25.1 Å². The maximum atomic E-state index is 12.4. The summed E-state index contributed by atoms with van der Waals surface area (Å²) in [5, 5.41) is 11.3. The number of hydrogen-bond donors (Lipinski definition) is 1. The van der Waals surface area contributed by atoms with E-state index in [0.717, 1.165) is 36.6 Å². The van der Waals surface area contributed by atoms with Gasteiger partial charge in [0.15, 0.2) is 5.76 Å². The highest BCUT2D eigenvalue weighted by Crippen LogP contribution is 2.39. The first-order valence-corrected chi connectivity index (χ1v) is 8.52. The summed E-state index contributed by atoms with van der Waals surface area (Å²) in [5.41, 5.74) is 1.48. The van der Waals surface area contributed by atoms with Crippen LogP contribution in [-0.2, 0) is 13.0 Å². The number of ketones is 1. The van der Waals surface area contributed by atoms with E-state index < -0.39 is 0 Å². The van der Waals surface area contributed by atoms with E-state index in [1.165, 1.54) is 0 Å². The molecule has 6 heteroatoms. The van der Waals surface area contributed by atoms with Gasteiger partial charge in [0.2, 0.25) is 17.6 Å². The molecule has 2 heterocycles. The second kappa shape index (κ2) is 6.55. The largest absolute Gasteiger partial charge is 0.458 e. The quantitative estimate of drug-likeness (QED) is 0.658. The van der Waals surface area contributed by atoms with Crippen LogP contribution in [0.25, 0.3) is 0 Å². The Morgan fingerprint density at radius 2 is 1.92 bits per heavy atom. The Bertz CT molecular complexity index is 875. The van der Waals surface area contributed by atoms with E-state index in [4.69, 9.17) is 8.83 Å². The normalized spacial score (nSPS) is 13.8. The topological polar surface area (TPSA) is 81.2 Å². The number of aryl methyl sites for hydroxylation is 1. The molecule has 1 saturated carbocycles. The van der Waals surface area contributed by atoms with Crippen molar-refractivity contribution in [3.05, 3.63) is 65.3 Å². The van der Waals surface area contributed by atoms with Gasteiger partial charge < -0.3 is 14.2 Å². The zero-order valence-corrected chi connectivity index (χ0v) is 14.0. The van der Waals surface area contributed by atoms with Gasteiger partial charge in [-0.25, -0.2) is 0 Å². The summed E-state index contributed by atoms with van der Waals surface area (Å²) in [6, 6.07) is 10.8. The number of anilines is 1. The fourth-order valence-electron chi connectivity index (χ4n) is 2.58. The van der Waals surface area contributed by atoms with Gasteiger partial charge in [0.05, 0.1) is 6.54 Å². The molecule has 0 aliphatic heterocycles. The van der Waals surface area contributed by atoms with E-state index in [1.54, 1.807) is 18.2 Å². The number of hydrogen-bond acceptors (Lipinski definition) is 6. The molecule has 1 fully saturated rings. The Morgan fingerprint density at radius 1 is 1.12 bits per heavy atom. The Balaban J connectivity index is 1.38. The molecule has 0 saturated heterocycles. The summed E-state index contributed by atoms with van der Waals surface area (Å²) in [6.45, 7) is 2.45. The van der Waals surface area contributed by atoms with E-state index in [-0.39, 0.29) is 5.78 Å². The van der Waals surface area contributed by atoms with Crippen molar-refractivity contribution in [1.82, 2.24) is 10.2 Å². The molecule has 6 nitrogen and oxygen atoms in total. The minimum atomic E-state index is -0.114. The molecule has 2 aromatic heterocycles. The third-order valence-corrected chi connectivity index (χ3v) is 4.23. The lowest BCUT2D eigenvalue weighted by molar-refractivity contribution is 0.101. The van der Waals surface area contributed by atoms with Gasteiger partial charge in [-0.2, -0.15) is 0 Å². The number of nitrogens with one attached hydrogen (secondary N) is 1. The lowest BCUT2D eigenvalue weighted by Gasteiger charge is -2.04. The zero-order valence-electron chi connectivity index (χ0n) is 14.0. The monoisotopic (exact) mass is 337 g/mol. The minimum Gasteiger partial charge on any atom is -0.458 e. The lowest BCUT2D eigenvalue weighted by Crippen LogP contribution is -2.02. The standard InChI is InChI=1S/C19H19N3O3/c1-2-15-9-10-16(24-15)18(23)12-5-7-14(8-6-12)20-11-17-21-22-19(25-17)13-3-4-13/h5-10,13,20H,2-4,11H2,1H3. The number of furan rings is 1. The molecular weight excluding hydrogens is 318 g/mol. The number of aromatic nitrogens is 2. The number of benzene rings is 1. The Morgan fingerprint density at radius 3 is 2.60 bits per heavy atom. The van der Waals surface area contributed by atoms with Crippen LogP contribution in [0.4, 0.5) is 5.69 Å². The number of carbonyl (C=O) groups is 1. The Labute approximate surface area is 145 Å². The molecule has 0 spiro atoms. The van der Waals surface area contributed by atoms with Gasteiger partial charge in [-0.3, -0.25) is 4.79 Å². The van der Waals surface area contributed by atoms with E-state index >= 15 is 0 Å². The van der Waals surface area contributed by atoms with Crippen LogP contribution in [0.1, 0.15) is 59.3 Å². The predicted molar refractivity (Wildman–Crippen MR) is 91.6 cm³/mol. The van der Waals surface area contributed by atoms with Crippen LogP contribution in [0.2, 0.25) is 0 Å². The molecule has 25 heavy (non-hydrogen) atoms. The van der Waals surface area contributed by atoms with Crippen LogP contribution < -0.4 is 5.32 Å². The molecule has 0 amide bonds. The van der Waals surface area contributed by atoms with Gasteiger partial charge in [0, 0.05) is 23.6 Å². The number of carbonyl (C=O) groups excluding carboxylic acids is 1. The molecule has 1 aliphatic rings. The van der Waals surface area contributed by atoms with Gasteiger partial charge in [-0.05, 0) is 49.2 Å². The molecule has 1 aliphatic carbocycles. The van der Waals surface area contributed by atoms with Crippen LogP contribution >= 0.6 is 0 Å². The molecular formula is C19H19N3O3. The first kappa shape index (κ1) is 15.6. The fraction of sp³-hybridized carbons (Fsp3) is 0.316. The van der Waals surface area contributed by atoms with Crippen molar-refractivity contribution in [1.29, 1.82) is 0 Å². The van der Waals surface area contributed by atoms with E-state index in [2.05, 4.69) is 15.5 Å². The van der Waals surface area contributed by atoms with Crippen LogP contribution in [0.5, 0.6) is 0 Å². The van der Waals surface area contributed by atoms with Crippen LogP contribution in [0.15, 0.2) is 45.2 Å². The molecule has 128 valence electrons. The molecule has 1 N–H and O–H groups in total. The maximum absolute atomic E-state index is 12.4. The van der Waals surface area contributed by atoms with Crippen LogP contribution in [0, 0.1) is 0 Å². The summed E-state index contributed by atoms with van der Waals surface area (Å²) in [7, 11) is 0. The van der Waals surface area contributed by atoms with Crippen molar-refractivity contribution in [2.24, 2.45) is 0 Å². The minimum absolute atomic E-state index is 0.114. The second-order valence-corrected chi connectivity index (χ2v) is 6.19. The number of rotatable bonds is 7. The second-order valence-electron chi connectivity index (χ2n) is 6.19. The molecule has 0 atom stereocenters. The predicted octanol–water partition coefficient (Wildman–Crippen LogP) is 3.95. The third kappa shape index (κ3) is 3.47. The SMILES string of the molecule is CCc1ccc(C(=O)c2ccc(NCc3nnc(C4CC4)o3)cc2)o1. The highest BCUT2D eigenvalue weighted by atomic mass is 16.4. The summed E-state index contributed by atoms with van der Waals surface area (Å²) in [5.74, 6) is 2.84. The van der Waals surface area contributed by atoms with Crippen molar-refractivity contribution in [2.45, 2.75) is 38.6 Å². The van der Waals surface area contributed by atoms with Crippen molar-refractivity contribution >= 4 is 11.5 Å². The zero-order chi connectivity index (χ0) is 17.2. The van der Waals surface area contributed by atoms with Crippen LogP contribution in [0.3, 0.4) is 0 Å². The van der Waals surface area contributed by atoms with Gasteiger partial charge in [0.1, 0.15) is 5.76 Å². The average Bonchev–Trinajstić information content (AvgIpc) is 3.20. The molecule has 0 bridgehead atoms. The summed E-state index contributed by atoms with van der Waals surface area (Å²) < 4.78 is 11.1. The van der Waals surface area contributed by atoms with E-state index in [0.29, 0.717) is 29.7 Å². The first-order chi connectivity index (χ1) is 12.2. The van der Waals surface area contributed by atoms with Crippen molar-refractivity contribution in [3.8, 4) is 0 Å². The van der Waals surface area contributed by atoms with Gasteiger partial charge in [-0.1, -0.05) is 6.92 Å². The Kier molecular flexibility index (Phi) is 4.09. The van der Waals surface area contributed by atoms with Crippen molar-refractivity contribution < 1.29 is 13.6 Å². The molecule has 0 unspecified atom stereocenters. The lowest BCUT2D eigenvalue weighted by atomic mass is 10.1. The smallest absolute Gasteiger partial charge is 0.235 e. The van der Waals surface area contributed by atoms with Gasteiger partial charge in [-0.15, -0.1) is 10.2 Å². The van der Waals surface area contributed by atoms with E-state index in [9.17, 15) is 4.79 Å². The van der Waals surface area contributed by atoms with Crippen molar-refractivity contribution in [3.63, 3.8) is 0 Å². The molecule has 0 radical (unpaired) electrons. The molecule has 3 aromatic rings. The Hall–Kier alpha value is -2.89. The summed E-state index contributed by atoms with van der Waals surface area (Å²) in [4.78, 5) is 12.4. The average molecular weight is 337 g/mol. The van der Waals surface area contributed by atoms with Gasteiger partial charge >= 0.3 is 0 Å². The van der Waals surface area contributed by atoms with Crippen molar-refractivity contribution in [2.75, 3.05) is 5.32 Å². The number of nitrogens with zero attached hydrogens (tertiary/aromatic N) is 2. The summed E-state index contributed by atoms with van der Waals surface area (Å²) >= 11 is 0. The van der Waals surface area contributed by atoms with Crippen LogP contribution in [-0.4, -0.2) is 16.0 Å². The van der Waals surface area contributed by atoms with Gasteiger partial charge in [0.25, 0.3) is 0 Å². The summed E-state index contributed by atoms with van der Waals surface area (Å²) in [6.07, 6.45) is 3.05. The maximum Gasteiger partial charge on any atom is 0.235 e. The highest BCUT2D eigenvalue weighted by molar-refractivity contribution is 6.07. The first-order valence-electron chi connectivity index (χ1n) is 8.52. The molecule has 1 aromatic carbocycles. The molecule has 4 rings (SSSR count). The third-order valence-electron chi connectivity index (χ3n) is 4.23.